The molecule has 0 fully saturated rings. The molecule has 0 radical (unpaired) electrons. The second kappa shape index (κ2) is 11.9. The van der Waals surface area contributed by atoms with E-state index in [1.807, 2.05) is 0 Å². The predicted octanol–water partition coefficient (Wildman–Crippen LogP) is 6.35. The third-order valence-electron chi connectivity index (χ3n) is 5.03. The summed E-state index contributed by atoms with van der Waals surface area (Å²) in [6, 6.07) is 6.76. The van der Waals surface area contributed by atoms with Gasteiger partial charge in [-0.15, -0.1) is 0 Å². The van der Waals surface area contributed by atoms with Crippen molar-refractivity contribution in [2.75, 3.05) is 23.8 Å². The lowest BCUT2D eigenvalue weighted by molar-refractivity contribution is -0.144. The van der Waals surface area contributed by atoms with Crippen LogP contribution >= 0.6 is 0 Å². The summed E-state index contributed by atoms with van der Waals surface area (Å²) in [6.45, 7) is 1.48. The molecule has 1 N–H and O–H groups in total. The summed E-state index contributed by atoms with van der Waals surface area (Å²) in [5, 5.41) is 8.58. The molecule has 36 heavy (non-hydrogen) atoms. The third kappa shape index (κ3) is 8.10. The van der Waals surface area contributed by atoms with Crippen molar-refractivity contribution in [1.82, 2.24) is 0 Å². The maximum absolute atomic E-state index is 13.6. The number of ether oxygens (including phenoxy) is 1. The summed E-state index contributed by atoms with van der Waals surface area (Å²) >= 11 is 0. The number of hydrogen-bond acceptors (Lipinski definition) is 4. The Hall–Kier alpha value is -2.83. The summed E-state index contributed by atoms with van der Waals surface area (Å²) in [4.78, 5) is 12.1. The van der Waals surface area contributed by atoms with E-state index in [0.29, 0.717) is 12.1 Å². The van der Waals surface area contributed by atoms with Gasteiger partial charge in [-0.05, 0) is 49.7 Å². The van der Waals surface area contributed by atoms with E-state index in [1.165, 1.54) is 24.0 Å². The van der Waals surface area contributed by atoms with Crippen LogP contribution in [-0.4, -0.2) is 46.3 Å². The van der Waals surface area contributed by atoms with E-state index in [0.717, 1.165) is 31.2 Å². The lowest BCUT2D eigenvalue weighted by atomic mass is 10.1. The van der Waals surface area contributed by atoms with Crippen LogP contribution in [-0.2, 0) is 21.8 Å². The van der Waals surface area contributed by atoms with E-state index in [4.69, 9.17) is 9.84 Å². The normalized spacial score (nSPS) is 16.8. The van der Waals surface area contributed by atoms with Crippen molar-refractivity contribution in [3.8, 4) is 5.75 Å². The second-order valence-corrected chi connectivity index (χ2v) is 9.42. The standard InChI is InChI=1S/C19H16F5NO4S.C4H8F2/c20-11-2-4-12(5-3-11)25-6-1-7-30(28)17-9-16(29-10-14(21)18(26)27)13(8-15(17)25)19(22,23)24;1-3-4(2,5)6/h2-5,8-9,14H,1,6-7,10H2,(H,26,27);3H2,1-2H3. The molecule has 5 nitrogen and oxygen atoms in total. The molecule has 0 bridgehead atoms. The second-order valence-electron chi connectivity index (χ2n) is 7.89. The van der Waals surface area contributed by atoms with Gasteiger partial charge in [0.1, 0.15) is 18.2 Å². The van der Waals surface area contributed by atoms with Gasteiger partial charge < -0.3 is 14.7 Å². The van der Waals surface area contributed by atoms with Crippen LogP contribution < -0.4 is 9.64 Å². The molecular formula is C23H24F7NO4S. The van der Waals surface area contributed by atoms with Crippen LogP contribution in [0.5, 0.6) is 5.75 Å². The van der Waals surface area contributed by atoms with Crippen molar-refractivity contribution in [1.29, 1.82) is 0 Å². The summed E-state index contributed by atoms with van der Waals surface area (Å²) in [5.41, 5.74) is -0.843. The van der Waals surface area contributed by atoms with Crippen LogP contribution in [0.15, 0.2) is 41.3 Å². The molecule has 0 spiro atoms. The van der Waals surface area contributed by atoms with E-state index < -0.39 is 58.8 Å². The molecule has 2 atom stereocenters. The molecular weight excluding hydrogens is 519 g/mol. The van der Waals surface area contributed by atoms with Crippen molar-refractivity contribution in [2.45, 2.75) is 49.9 Å². The van der Waals surface area contributed by atoms with Gasteiger partial charge in [0.15, 0.2) is 0 Å². The fraction of sp³-hybridized carbons (Fsp3) is 0.435. The minimum Gasteiger partial charge on any atom is -0.489 e. The number of benzene rings is 2. The lowest BCUT2D eigenvalue weighted by Gasteiger charge is -2.26. The van der Waals surface area contributed by atoms with Crippen molar-refractivity contribution in [3.05, 3.63) is 47.8 Å². The van der Waals surface area contributed by atoms with E-state index in [9.17, 15) is 39.7 Å². The molecule has 0 saturated carbocycles. The number of aliphatic carboxylic acids is 1. The zero-order valence-corrected chi connectivity index (χ0v) is 20.1. The first kappa shape index (κ1) is 29.4. The fourth-order valence-electron chi connectivity index (χ4n) is 2.99. The first-order valence-electron chi connectivity index (χ1n) is 10.7. The summed E-state index contributed by atoms with van der Waals surface area (Å²) in [7, 11) is -1.67. The number of alkyl halides is 6. The van der Waals surface area contributed by atoms with Gasteiger partial charge in [0.05, 0.1) is 26.9 Å². The molecule has 0 aliphatic carbocycles. The highest BCUT2D eigenvalue weighted by Gasteiger charge is 2.37. The Labute approximate surface area is 205 Å². The van der Waals surface area contributed by atoms with Crippen molar-refractivity contribution in [2.24, 2.45) is 0 Å². The Morgan fingerprint density at radius 2 is 1.75 bits per heavy atom. The van der Waals surface area contributed by atoms with Gasteiger partial charge in [-0.3, -0.25) is 4.21 Å². The van der Waals surface area contributed by atoms with Gasteiger partial charge in [0.25, 0.3) is 0 Å². The van der Waals surface area contributed by atoms with Crippen LogP contribution in [0.1, 0.15) is 32.3 Å². The Morgan fingerprint density at radius 1 is 1.17 bits per heavy atom. The number of carbonyl (C=O) groups is 1. The molecule has 2 aromatic rings. The Morgan fingerprint density at radius 3 is 2.25 bits per heavy atom. The minimum absolute atomic E-state index is 0.00662. The van der Waals surface area contributed by atoms with E-state index in [1.54, 1.807) is 0 Å². The van der Waals surface area contributed by atoms with Gasteiger partial charge >= 0.3 is 12.1 Å². The minimum atomic E-state index is -4.90. The quantitative estimate of drug-likeness (QED) is 0.431. The van der Waals surface area contributed by atoms with Crippen LogP contribution in [0.3, 0.4) is 0 Å². The number of carboxylic acid groups (broad SMARTS) is 1. The molecule has 200 valence electrons. The number of fused-ring (bicyclic) bond motifs is 1. The van der Waals surface area contributed by atoms with Gasteiger partial charge in [-0.2, -0.15) is 13.2 Å². The highest BCUT2D eigenvalue weighted by molar-refractivity contribution is 7.85. The Bertz CT molecular complexity index is 1070. The average molecular weight is 544 g/mol. The molecule has 3 rings (SSSR count). The highest BCUT2D eigenvalue weighted by atomic mass is 32.2. The van der Waals surface area contributed by atoms with Gasteiger partial charge in [-0.1, -0.05) is 6.92 Å². The monoisotopic (exact) mass is 543 g/mol. The topological polar surface area (TPSA) is 66.8 Å². The van der Waals surface area contributed by atoms with E-state index in [-0.39, 0.29) is 29.3 Å². The number of anilines is 2. The molecule has 1 aliphatic rings. The zero-order chi connectivity index (χ0) is 27.3. The maximum Gasteiger partial charge on any atom is 0.420 e. The zero-order valence-electron chi connectivity index (χ0n) is 19.3. The largest absolute Gasteiger partial charge is 0.489 e. The first-order chi connectivity index (χ1) is 16.6. The van der Waals surface area contributed by atoms with Crippen molar-refractivity contribution in [3.63, 3.8) is 0 Å². The fourth-order valence-corrected chi connectivity index (χ4v) is 4.24. The van der Waals surface area contributed by atoms with Gasteiger partial charge in [0.2, 0.25) is 12.1 Å². The van der Waals surface area contributed by atoms with Gasteiger partial charge in [0, 0.05) is 24.4 Å². The predicted molar refractivity (Wildman–Crippen MR) is 120 cm³/mol. The van der Waals surface area contributed by atoms with E-state index >= 15 is 0 Å². The molecule has 0 amide bonds. The summed E-state index contributed by atoms with van der Waals surface area (Å²) < 4.78 is 108. The number of carboxylic acids is 1. The molecule has 2 unspecified atom stereocenters. The Kier molecular flexibility index (Phi) is 9.75. The van der Waals surface area contributed by atoms with E-state index in [2.05, 4.69) is 0 Å². The highest BCUT2D eigenvalue weighted by Crippen LogP contribution is 2.44. The molecule has 0 aromatic heterocycles. The molecule has 13 heteroatoms. The van der Waals surface area contributed by atoms with Gasteiger partial charge in [-0.25, -0.2) is 22.4 Å². The summed E-state index contributed by atoms with van der Waals surface area (Å²) in [6.07, 6.45) is -7.10. The van der Waals surface area contributed by atoms with Crippen LogP contribution in [0, 0.1) is 5.82 Å². The SMILES string of the molecule is CCC(C)(F)F.O=C(O)C(F)COc1cc2c(cc1C(F)(F)F)N(c1ccc(F)cc1)CCCS2=O. The number of hydrogen-bond donors (Lipinski definition) is 1. The number of rotatable bonds is 6. The van der Waals surface area contributed by atoms with Crippen molar-refractivity contribution < 1.29 is 49.6 Å². The average Bonchev–Trinajstić information content (AvgIpc) is 2.95. The van der Waals surface area contributed by atoms with Crippen molar-refractivity contribution >= 4 is 28.1 Å². The molecule has 1 heterocycles. The van der Waals surface area contributed by atoms with Crippen LogP contribution in [0.2, 0.25) is 0 Å². The van der Waals surface area contributed by atoms with Crippen LogP contribution in [0.25, 0.3) is 0 Å². The summed E-state index contributed by atoms with van der Waals surface area (Å²) in [5.74, 6) is -5.49. The number of nitrogens with zero attached hydrogens (tertiary/aromatic N) is 1. The molecule has 0 saturated heterocycles. The Balaban J connectivity index is 0.000000678. The third-order valence-corrected chi connectivity index (χ3v) is 6.50. The smallest absolute Gasteiger partial charge is 0.420 e. The molecule has 1 aliphatic heterocycles. The first-order valence-corrected chi connectivity index (χ1v) is 12.0. The number of halogens is 7. The molecule has 2 aromatic carbocycles. The lowest BCUT2D eigenvalue weighted by Crippen LogP contribution is -2.24. The van der Waals surface area contributed by atoms with Crippen LogP contribution in [0.4, 0.5) is 42.1 Å². The maximum atomic E-state index is 13.6.